The first-order valence-electron chi connectivity index (χ1n) is 8.84. The van der Waals surface area contributed by atoms with Gasteiger partial charge in [-0.1, -0.05) is 24.3 Å². The lowest BCUT2D eigenvalue weighted by molar-refractivity contribution is -0.121. The molecule has 7 nitrogen and oxygen atoms in total. The number of aryl methyl sites for hydroxylation is 1. The van der Waals surface area contributed by atoms with Crippen LogP contribution in [0.2, 0.25) is 0 Å². The molecule has 0 spiro atoms. The molecule has 3 aromatic heterocycles. The number of fused-ring (bicyclic) bond motifs is 3. The average molecular weight is 361 g/mol. The molecule has 0 atom stereocenters. The van der Waals surface area contributed by atoms with Crippen LogP contribution in [0.25, 0.3) is 21.8 Å². The molecule has 4 aromatic rings. The number of nitrogens with zero attached hydrogens (tertiary/aromatic N) is 3. The number of aromatic nitrogens is 4. The third kappa shape index (κ3) is 3.44. The van der Waals surface area contributed by atoms with Gasteiger partial charge in [-0.2, -0.15) is 5.10 Å². The van der Waals surface area contributed by atoms with E-state index in [1.54, 1.807) is 18.6 Å². The van der Waals surface area contributed by atoms with Crippen LogP contribution in [0, 0.1) is 0 Å². The molecule has 1 amide bonds. The van der Waals surface area contributed by atoms with Crippen LogP contribution in [-0.2, 0) is 17.9 Å². The van der Waals surface area contributed by atoms with Crippen molar-refractivity contribution in [3.8, 4) is 0 Å². The van der Waals surface area contributed by atoms with E-state index in [-0.39, 0.29) is 11.5 Å². The van der Waals surface area contributed by atoms with E-state index in [9.17, 15) is 9.59 Å². The number of amides is 1. The van der Waals surface area contributed by atoms with Crippen molar-refractivity contribution < 1.29 is 4.79 Å². The molecule has 3 heterocycles. The van der Waals surface area contributed by atoms with E-state index in [4.69, 9.17) is 0 Å². The van der Waals surface area contributed by atoms with Gasteiger partial charge >= 0.3 is 0 Å². The number of para-hydroxylation sites is 1. The van der Waals surface area contributed by atoms with Crippen LogP contribution >= 0.6 is 0 Å². The maximum Gasteiger partial charge on any atom is 0.288 e. The van der Waals surface area contributed by atoms with Crippen LogP contribution in [-0.4, -0.2) is 25.7 Å². The number of rotatable bonds is 6. The molecule has 7 heteroatoms. The topological polar surface area (TPSA) is 92.7 Å². The minimum absolute atomic E-state index is 0.0183. The number of carbonyl (C=O) groups is 1. The van der Waals surface area contributed by atoms with Gasteiger partial charge in [-0.25, -0.2) is 5.10 Å². The van der Waals surface area contributed by atoms with Crippen molar-refractivity contribution in [1.29, 1.82) is 0 Å². The first-order chi connectivity index (χ1) is 13.2. The molecule has 0 saturated heterocycles. The summed E-state index contributed by atoms with van der Waals surface area (Å²) in [7, 11) is 0. The second-order valence-corrected chi connectivity index (χ2v) is 6.37. The van der Waals surface area contributed by atoms with Crippen LogP contribution in [0.4, 0.5) is 0 Å². The second kappa shape index (κ2) is 7.41. The fourth-order valence-corrected chi connectivity index (χ4v) is 3.34. The summed E-state index contributed by atoms with van der Waals surface area (Å²) in [5.74, 6) is -0.0183. The molecule has 0 fully saturated rings. The minimum Gasteiger partial charge on any atom is -0.352 e. The van der Waals surface area contributed by atoms with E-state index in [0.29, 0.717) is 31.4 Å². The highest BCUT2D eigenvalue weighted by Gasteiger charge is 2.13. The van der Waals surface area contributed by atoms with Crippen LogP contribution < -0.4 is 10.9 Å². The molecule has 4 rings (SSSR count). The highest BCUT2D eigenvalue weighted by atomic mass is 16.1. The number of benzene rings is 1. The number of carbonyl (C=O) groups excluding carboxylic acids is 1. The second-order valence-electron chi connectivity index (χ2n) is 6.37. The van der Waals surface area contributed by atoms with Gasteiger partial charge in [-0.3, -0.25) is 14.6 Å². The third-order valence-electron chi connectivity index (χ3n) is 4.58. The predicted octanol–water partition coefficient (Wildman–Crippen LogP) is 2.37. The zero-order valence-electron chi connectivity index (χ0n) is 14.7. The Morgan fingerprint density at radius 3 is 2.85 bits per heavy atom. The van der Waals surface area contributed by atoms with Gasteiger partial charge in [0, 0.05) is 48.2 Å². The maximum atomic E-state index is 12.3. The molecule has 136 valence electrons. The van der Waals surface area contributed by atoms with Crippen LogP contribution in [0.5, 0.6) is 0 Å². The average Bonchev–Trinajstić information content (AvgIpc) is 3.03. The molecule has 27 heavy (non-hydrogen) atoms. The molecule has 0 aliphatic carbocycles. The Kier molecular flexibility index (Phi) is 4.65. The lowest BCUT2D eigenvalue weighted by atomic mass is 10.2. The van der Waals surface area contributed by atoms with E-state index in [1.807, 2.05) is 41.0 Å². The number of hydrogen-bond donors (Lipinski definition) is 2. The smallest absolute Gasteiger partial charge is 0.288 e. The molecule has 0 unspecified atom stereocenters. The van der Waals surface area contributed by atoms with Gasteiger partial charge in [0.1, 0.15) is 5.52 Å². The summed E-state index contributed by atoms with van der Waals surface area (Å²) in [6, 6.07) is 11.6. The van der Waals surface area contributed by atoms with Crippen molar-refractivity contribution in [2.75, 3.05) is 0 Å². The van der Waals surface area contributed by atoms with Crippen LogP contribution in [0.3, 0.4) is 0 Å². The van der Waals surface area contributed by atoms with E-state index in [0.717, 1.165) is 21.9 Å². The lowest BCUT2D eigenvalue weighted by Gasteiger charge is -2.08. The van der Waals surface area contributed by atoms with Gasteiger partial charge in [0.2, 0.25) is 5.91 Å². The number of hydrogen-bond acceptors (Lipinski definition) is 4. The molecule has 0 aliphatic rings. The molecule has 0 saturated carbocycles. The van der Waals surface area contributed by atoms with Gasteiger partial charge < -0.3 is 9.88 Å². The molecule has 2 N–H and O–H groups in total. The van der Waals surface area contributed by atoms with Gasteiger partial charge in [0.25, 0.3) is 5.56 Å². The Balaban J connectivity index is 1.47. The Hall–Kier alpha value is -3.48. The SMILES string of the molecule is O=C(CCCn1c2ccccc2c2cn[nH]c(=O)c21)NCc1cccnc1. The molecule has 1 aromatic carbocycles. The number of aromatic amines is 1. The van der Waals surface area contributed by atoms with Gasteiger partial charge in [0.15, 0.2) is 0 Å². The minimum atomic E-state index is -0.218. The van der Waals surface area contributed by atoms with E-state index in [1.165, 1.54) is 0 Å². The van der Waals surface area contributed by atoms with Crippen molar-refractivity contribution in [2.24, 2.45) is 0 Å². The Morgan fingerprint density at radius 1 is 1.11 bits per heavy atom. The van der Waals surface area contributed by atoms with Crippen LogP contribution in [0.1, 0.15) is 18.4 Å². The largest absolute Gasteiger partial charge is 0.352 e. The monoisotopic (exact) mass is 361 g/mol. The molecule has 0 bridgehead atoms. The zero-order chi connectivity index (χ0) is 18.6. The van der Waals surface area contributed by atoms with Gasteiger partial charge in [0.05, 0.1) is 6.20 Å². The summed E-state index contributed by atoms with van der Waals surface area (Å²) < 4.78 is 1.97. The van der Waals surface area contributed by atoms with Crippen molar-refractivity contribution in [1.82, 2.24) is 25.1 Å². The number of pyridine rings is 1. The first-order valence-corrected chi connectivity index (χ1v) is 8.84. The highest BCUT2D eigenvalue weighted by Crippen LogP contribution is 2.26. The fourth-order valence-electron chi connectivity index (χ4n) is 3.34. The zero-order valence-corrected chi connectivity index (χ0v) is 14.7. The lowest BCUT2D eigenvalue weighted by Crippen LogP contribution is -2.23. The molecule has 0 aliphatic heterocycles. The Bertz CT molecular complexity index is 1150. The fraction of sp³-hybridized carbons (Fsp3) is 0.200. The van der Waals surface area contributed by atoms with Crippen molar-refractivity contribution in [3.63, 3.8) is 0 Å². The quantitative estimate of drug-likeness (QED) is 0.551. The number of H-pyrrole nitrogens is 1. The molecular formula is C20H19N5O2. The summed E-state index contributed by atoms with van der Waals surface area (Å²) in [4.78, 5) is 28.5. The standard InChI is InChI=1S/C20H19N5O2/c26-18(22-12-14-5-3-9-21-11-14)8-4-10-25-17-7-2-1-6-15(17)16-13-23-24-20(27)19(16)25/h1-3,5-7,9,11,13H,4,8,10,12H2,(H,22,26)(H,24,27). The number of nitrogens with one attached hydrogen (secondary N) is 2. The summed E-state index contributed by atoms with van der Waals surface area (Å²) in [5.41, 5.74) is 2.32. The predicted molar refractivity (Wildman–Crippen MR) is 103 cm³/mol. The van der Waals surface area contributed by atoms with E-state index >= 15 is 0 Å². The van der Waals surface area contributed by atoms with Gasteiger partial charge in [-0.05, 0) is 24.1 Å². The maximum absolute atomic E-state index is 12.3. The normalized spacial score (nSPS) is 11.1. The van der Waals surface area contributed by atoms with Crippen molar-refractivity contribution in [2.45, 2.75) is 25.9 Å². The van der Waals surface area contributed by atoms with E-state index < -0.39 is 0 Å². The first kappa shape index (κ1) is 17.0. The summed E-state index contributed by atoms with van der Waals surface area (Å²) in [6.45, 7) is 1.05. The summed E-state index contributed by atoms with van der Waals surface area (Å²) in [5, 5.41) is 11.1. The third-order valence-corrected chi connectivity index (χ3v) is 4.58. The Labute approximate surface area is 155 Å². The van der Waals surface area contributed by atoms with Crippen molar-refractivity contribution in [3.05, 3.63) is 70.9 Å². The molecule has 0 radical (unpaired) electrons. The van der Waals surface area contributed by atoms with E-state index in [2.05, 4.69) is 20.5 Å². The Morgan fingerprint density at radius 2 is 2.00 bits per heavy atom. The van der Waals surface area contributed by atoms with Crippen molar-refractivity contribution >= 4 is 27.7 Å². The highest BCUT2D eigenvalue weighted by molar-refractivity contribution is 6.07. The molecular weight excluding hydrogens is 342 g/mol. The van der Waals surface area contributed by atoms with Crippen LogP contribution in [0.15, 0.2) is 59.8 Å². The summed E-state index contributed by atoms with van der Waals surface area (Å²) >= 11 is 0. The summed E-state index contributed by atoms with van der Waals surface area (Å²) in [6.07, 6.45) is 6.13. The van der Waals surface area contributed by atoms with Gasteiger partial charge in [-0.15, -0.1) is 0 Å².